The van der Waals surface area contributed by atoms with Gasteiger partial charge in [-0.05, 0) is 72.0 Å². The summed E-state index contributed by atoms with van der Waals surface area (Å²) in [4.78, 5) is 2.73. The van der Waals surface area contributed by atoms with Crippen LogP contribution in [0.15, 0.2) is 72.8 Å². The smallest absolute Gasteiger partial charge is 0.256 e. The van der Waals surface area contributed by atoms with E-state index in [1.54, 1.807) is 5.56 Å². The second-order valence-corrected chi connectivity index (χ2v) is 12.1. The Morgan fingerprint density at radius 2 is 1.62 bits per heavy atom. The fraction of sp³-hybridized carbons (Fsp3) is 0.273. The Hall–Kier alpha value is -3.66. The highest BCUT2D eigenvalue weighted by molar-refractivity contribution is 6.99. The van der Waals surface area contributed by atoms with Crippen molar-refractivity contribution in [2.24, 2.45) is 7.05 Å². The Kier molecular flexibility index (Phi) is 3.54. The van der Waals surface area contributed by atoms with Gasteiger partial charge in [0.15, 0.2) is 0 Å². The van der Waals surface area contributed by atoms with Crippen LogP contribution in [0.3, 0.4) is 0 Å². The maximum absolute atomic E-state index is 6.77. The second kappa shape index (κ2) is 6.42. The molecule has 5 aromatic rings. The van der Waals surface area contributed by atoms with Crippen LogP contribution in [-0.2, 0) is 12.5 Å². The van der Waals surface area contributed by atoms with Gasteiger partial charge in [0.1, 0.15) is 11.5 Å². The molecule has 9 rings (SSSR count). The highest BCUT2D eigenvalue weighted by Crippen LogP contribution is 2.61. The second-order valence-electron chi connectivity index (χ2n) is 12.1. The molecule has 4 aromatic carbocycles. The van der Waals surface area contributed by atoms with Gasteiger partial charge in [-0.2, -0.15) is 0 Å². The van der Waals surface area contributed by atoms with Crippen molar-refractivity contribution >= 4 is 56.3 Å². The van der Waals surface area contributed by atoms with E-state index >= 15 is 0 Å². The molecule has 4 heteroatoms. The van der Waals surface area contributed by atoms with Gasteiger partial charge in [0.2, 0.25) is 0 Å². The highest BCUT2D eigenvalue weighted by atomic mass is 16.5. The Morgan fingerprint density at radius 3 is 2.54 bits per heavy atom. The van der Waals surface area contributed by atoms with E-state index in [0.717, 1.165) is 11.5 Å². The number of aryl methyl sites for hydroxylation is 1. The number of hydrogen-bond acceptors (Lipinski definition) is 2. The number of nitrogens with zero attached hydrogens (tertiary/aromatic N) is 2. The number of rotatable bonds is 0. The van der Waals surface area contributed by atoms with E-state index in [2.05, 4.69) is 103 Å². The van der Waals surface area contributed by atoms with Gasteiger partial charge >= 0.3 is 0 Å². The summed E-state index contributed by atoms with van der Waals surface area (Å²) in [5.41, 5.74) is 11.2. The number of aromatic nitrogens is 1. The number of benzene rings is 4. The number of ether oxygens (including phenoxy) is 1. The van der Waals surface area contributed by atoms with Crippen LogP contribution in [0, 0.1) is 0 Å². The lowest BCUT2D eigenvalue weighted by atomic mass is 9.34. The molecule has 2 atom stereocenters. The minimum Gasteiger partial charge on any atom is -0.458 e. The zero-order valence-corrected chi connectivity index (χ0v) is 21.6. The zero-order chi connectivity index (χ0) is 24.7. The van der Waals surface area contributed by atoms with Gasteiger partial charge < -0.3 is 14.2 Å². The molecular weight excluding hydrogens is 451 g/mol. The van der Waals surface area contributed by atoms with E-state index in [1.807, 2.05) is 0 Å². The highest BCUT2D eigenvalue weighted by Gasteiger charge is 2.61. The normalized spacial score (nSPS) is 24.5. The predicted octanol–water partition coefficient (Wildman–Crippen LogP) is 6.01. The average molecular weight is 480 g/mol. The summed E-state index contributed by atoms with van der Waals surface area (Å²) in [6.07, 6.45) is 5.08. The van der Waals surface area contributed by atoms with Crippen molar-refractivity contribution in [3.63, 3.8) is 0 Å². The number of fused-ring (bicyclic) bond motifs is 10. The first kappa shape index (κ1) is 20.4. The van der Waals surface area contributed by atoms with Crippen LogP contribution in [0.4, 0.5) is 11.4 Å². The molecule has 0 spiro atoms. The predicted molar refractivity (Wildman–Crippen MR) is 154 cm³/mol. The standard InChI is InChI=1S/C33H29BN2O/c1-32-16-6-7-17-33(32,2)36-26-14-9-15-28-30(26)34(23-12-8-11-22(32)31(23)36)24-19-27-21(18-29(24)37-28)20-10-4-5-13-25(20)35(27)3/h4-5,8-15,18-19H,6-7,16-17H2,1-3H3/t32-,33?/m0/s1. The van der Waals surface area contributed by atoms with Gasteiger partial charge in [-0.15, -0.1) is 0 Å². The molecule has 1 unspecified atom stereocenters. The van der Waals surface area contributed by atoms with Gasteiger partial charge in [-0.1, -0.05) is 62.2 Å². The third-order valence-electron chi connectivity index (χ3n) is 10.6. The summed E-state index contributed by atoms with van der Waals surface area (Å²) in [7, 11) is 2.19. The third kappa shape index (κ3) is 2.16. The van der Waals surface area contributed by atoms with Crippen LogP contribution in [0.2, 0.25) is 0 Å². The Balaban J connectivity index is 1.39. The summed E-state index contributed by atoms with van der Waals surface area (Å²) >= 11 is 0. The van der Waals surface area contributed by atoms with Gasteiger partial charge in [0.05, 0.1) is 5.54 Å². The van der Waals surface area contributed by atoms with E-state index < -0.39 is 0 Å². The van der Waals surface area contributed by atoms with E-state index in [9.17, 15) is 0 Å². The molecule has 3 aliphatic heterocycles. The molecule has 3 nitrogen and oxygen atoms in total. The van der Waals surface area contributed by atoms with Crippen LogP contribution < -0.4 is 26.0 Å². The van der Waals surface area contributed by atoms with Crippen LogP contribution in [0.1, 0.15) is 45.1 Å². The van der Waals surface area contributed by atoms with Crippen molar-refractivity contribution in [1.29, 1.82) is 0 Å². The van der Waals surface area contributed by atoms with Crippen molar-refractivity contribution in [3.8, 4) is 11.5 Å². The van der Waals surface area contributed by atoms with E-state index in [-0.39, 0.29) is 17.7 Å². The Labute approximate surface area is 217 Å². The monoisotopic (exact) mass is 480 g/mol. The SMILES string of the molecule is Cn1c2ccccc2c2cc3c(cc21)B1c2cccc4c2N(c2cccc(c21)O3)C1(C)CCCC[C@@]41C. The van der Waals surface area contributed by atoms with Gasteiger partial charge in [0, 0.05) is 45.6 Å². The molecule has 180 valence electrons. The summed E-state index contributed by atoms with van der Waals surface area (Å²) in [6.45, 7) is 5.23. The quantitative estimate of drug-likeness (QED) is 0.248. The topological polar surface area (TPSA) is 17.4 Å². The first-order valence-corrected chi connectivity index (χ1v) is 13.8. The Bertz CT molecular complexity index is 1840. The van der Waals surface area contributed by atoms with Crippen molar-refractivity contribution in [2.75, 3.05) is 4.90 Å². The van der Waals surface area contributed by atoms with Crippen LogP contribution in [0.5, 0.6) is 11.5 Å². The molecule has 0 N–H and O–H groups in total. The van der Waals surface area contributed by atoms with Gasteiger partial charge in [-0.3, -0.25) is 0 Å². The molecule has 0 amide bonds. The molecule has 37 heavy (non-hydrogen) atoms. The summed E-state index contributed by atoms with van der Waals surface area (Å²) in [6, 6.07) is 27.3. The third-order valence-corrected chi connectivity index (χ3v) is 10.6. The molecule has 4 heterocycles. The average Bonchev–Trinajstić information content (AvgIpc) is 3.31. The molecule has 1 fully saturated rings. The maximum atomic E-state index is 6.77. The molecule has 0 radical (unpaired) electrons. The summed E-state index contributed by atoms with van der Waals surface area (Å²) in [5.74, 6) is 2.01. The number of anilines is 2. The lowest BCUT2D eigenvalue weighted by Crippen LogP contribution is -2.63. The minimum absolute atomic E-state index is 0.0733. The van der Waals surface area contributed by atoms with Crippen LogP contribution in [-0.4, -0.2) is 16.8 Å². The first-order chi connectivity index (χ1) is 18.0. The molecule has 0 bridgehead atoms. The summed E-state index contributed by atoms with van der Waals surface area (Å²) in [5, 5.41) is 2.55. The molecule has 4 aliphatic rings. The van der Waals surface area contributed by atoms with Crippen LogP contribution in [0.25, 0.3) is 21.8 Å². The van der Waals surface area contributed by atoms with Crippen molar-refractivity contribution in [3.05, 3.63) is 78.4 Å². The first-order valence-electron chi connectivity index (χ1n) is 13.8. The van der Waals surface area contributed by atoms with Gasteiger partial charge in [-0.25, -0.2) is 0 Å². The summed E-state index contributed by atoms with van der Waals surface area (Å²) < 4.78 is 9.11. The zero-order valence-electron chi connectivity index (χ0n) is 21.6. The Morgan fingerprint density at radius 1 is 0.784 bits per heavy atom. The number of hydrogen-bond donors (Lipinski definition) is 0. The van der Waals surface area contributed by atoms with Crippen LogP contribution >= 0.6 is 0 Å². The number of para-hydroxylation sites is 2. The van der Waals surface area contributed by atoms with E-state index in [4.69, 9.17) is 4.74 Å². The van der Waals surface area contributed by atoms with Crippen molar-refractivity contribution in [2.45, 2.75) is 50.5 Å². The minimum atomic E-state index is 0.0733. The van der Waals surface area contributed by atoms with Crippen molar-refractivity contribution < 1.29 is 4.74 Å². The molecule has 1 aliphatic carbocycles. The van der Waals surface area contributed by atoms with Crippen molar-refractivity contribution in [1.82, 2.24) is 4.57 Å². The van der Waals surface area contributed by atoms with E-state index in [0.29, 0.717) is 0 Å². The van der Waals surface area contributed by atoms with Gasteiger partial charge in [0.25, 0.3) is 6.71 Å². The lowest BCUT2D eigenvalue weighted by Gasteiger charge is -2.52. The molecular formula is C33H29BN2O. The lowest BCUT2D eigenvalue weighted by molar-refractivity contribution is 0.195. The molecule has 1 aromatic heterocycles. The molecule has 0 saturated heterocycles. The van der Waals surface area contributed by atoms with E-state index in [1.165, 1.54) is 75.3 Å². The largest absolute Gasteiger partial charge is 0.458 e. The molecule has 1 saturated carbocycles. The fourth-order valence-corrected chi connectivity index (χ4v) is 8.62. The maximum Gasteiger partial charge on any atom is 0.256 e. The fourth-order valence-electron chi connectivity index (χ4n) is 8.62.